The van der Waals surface area contributed by atoms with Gasteiger partial charge in [0.25, 0.3) is 0 Å². The lowest BCUT2D eigenvalue weighted by molar-refractivity contribution is -0.141. The monoisotopic (exact) mass is 436 g/mol. The lowest BCUT2D eigenvalue weighted by atomic mass is 9.87. The van der Waals surface area contributed by atoms with E-state index in [0.717, 1.165) is 0 Å². The number of carbonyl (C=O) groups is 5. The van der Waals surface area contributed by atoms with Crippen LogP contribution in [0.2, 0.25) is 0 Å². The highest BCUT2D eigenvalue weighted by Crippen LogP contribution is 2.19. The number of hydrogen-bond donors (Lipinski definition) is 5. The van der Waals surface area contributed by atoms with Crippen LogP contribution in [-0.4, -0.2) is 82.3 Å². The van der Waals surface area contributed by atoms with E-state index in [-0.39, 0.29) is 31.6 Å². The Balaban J connectivity index is 4.38. The fraction of sp³-hybridized carbons (Fsp3) is 0.706. The SMILES string of the molecule is COC(=O)CCC(=O)SC[C@H](NC(=O)CCNC(=O)[C@H](O)C(C)(C)CO)C(=O)O. The maximum absolute atomic E-state index is 11.9. The predicted molar refractivity (Wildman–Crippen MR) is 103 cm³/mol. The minimum absolute atomic E-state index is 0.115. The highest BCUT2D eigenvalue weighted by molar-refractivity contribution is 8.13. The third kappa shape index (κ3) is 10.8. The van der Waals surface area contributed by atoms with Crippen molar-refractivity contribution in [3.05, 3.63) is 0 Å². The zero-order valence-corrected chi connectivity index (χ0v) is 17.4. The Morgan fingerprint density at radius 1 is 1.10 bits per heavy atom. The van der Waals surface area contributed by atoms with E-state index >= 15 is 0 Å². The second-order valence-electron chi connectivity index (χ2n) is 6.81. The van der Waals surface area contributed by atoms with Gasteiger partial charge in [-0.3, -0.25) is 19.2 Å². The lowest BCUT2D eigenvalue weighted by Gasteiger charge is -2.27. The van der Waals surface area contributed by atoms with Crippen molar-refractivity contribution in [3.8, 4) is 0 Å². The van der Waals surface area contributed by atoms with E-state index in [0.29, 0.717) is 11.8 Å². The van der Waals surface area contributed by atoms with Gasteiger partial charge in [-0.15, -0.1) is 0 Å². The number of aliphatic hydroxyl groups is 2. The van der Waals surface area contributed by atoms with Gasteiger partial charge in [-0.05, 0) is 0 Å². The number of rotatable bonds is 13. The van der Waals surface area contributed by atoms with Gasteiger partial charge in [-0.25, -0.2) is 4.79 Å². The average molecular weight is 436 g/mol. The standard InChI is InChI=1S/C17H28N2O9S/c1-17(2,9-20)14(24)15(25)18-7-6-11(21)19-10(16(26)27)8-29-13(23)5-4-12(22)28-3/h10,14,20,24H,4-9H2,1-3H3,(H,18,25)(H,19,21)(H,26,27)/t10-,14-/m0/s1. The fourth-order valence-electron chi connectivity index (χ4n) is 1.83. The van der Waals surface area contributed by atoms with Crippen LogP contribution in [-0.2, 0) is 28.7 Å². The molecule has 0 aromatic heterocycles. The molecule has 0 aliphatic rings. The second-order valence-corrected chi connectivity index (χ2v) is 7.89. The Labute approximate surface area is 172 Å². The normalized spacial score (nSPS) is 13.1. The minimum Gasteiger partial charge on any atom is -0.480 e. The number of carboxylic acid groups (broad SMARTS) is 1. The van der Waals surface area contributed by atoms with Crippen LogP contribution in [0.25, 0.3) is 0 Å². The van der Waals surface area contributed by atoms with E-state index in [1.165, 1.54) is 21.0 Å². The molecule has 0 unspecified atom stereocenters. The lowest BCUT2D eigenvalue weighted by Crippen LogP contribution is -2.47. The fourth-order valence-corrected chi connectivity index (χ4v) is 2.66. The molecule has 166 valence electrons. The van der Waals surface area contributed by atoms with Gasteiger partial charge < -0.3 is 30.7 Å². The van der Waals surface area contributed by atoms with Crippen LogP contribution in [0.5, 0.6) is 0 Å². The smallest absolute Gasteiger partial charge is 0.327 e. The summed E-state index contributed by atoms with van der Waals surface area (Å²) < 4.78 is 4.40. The number of hydrogen-bond acceptors (Lipinski definition) is 9. The van der Waals surface area contributed by atoms with E-state index < -0.39 is 53.0 Å². The molecule has 0 radical (unpaired) electrons. The Kier molecular flexibility index (Phi) is 12.1. The van der Waals surface area contributed by atoms with Crippen LogP contribution in [0.3, 0.4) is 0 Å². The third-order valence-corrected chi connectivity index (χ3v) is 4.88. The molecule has 0 fully saturated rings. The first-order chi connectivity index (χ1) is 13.4. The van der Waals surface area contributed by atoms with E-state index in [1.54, 1.807) is 0 Å². The first-order valence-electron chi connectivity index (χ1n) is 8.75. The Hall–Kier alpha value is -2.18. The predicted octanol–water partition coefficient (Wildman–Crippen LogP) is -1.35. The molecule has 5 N–H and O–H groups in total. The first-order valence-corrected chi connectivity index (χ1v) is 9.74. The van der Waals surface area contributed by atoms with Gasteiger partial charge in [-0.2, -0.15) is 0 Å². The molecule has 0 saturated heterocycles. The van der Waals surface area contributed by atoms with Crippen LogP contribution < -0.4 is 10.6 Å². The van der Waals surface area contributed by atoms with Crippen molar-refractivity contribution in [2.24, 2.45) is 5.41 Å². The van der Waals surface area contributed by atoms with E-state index in [2.05, 4.69) is 15.4 Å². The van der Waals surface area contributed by atoms with Gasteiger partial charge in [0, 0.05) is 30.6 Å². The molecule has 29 heavy (non-hydrogen) atoms. The number of thioether (sulfide) groups is 1. The van der Waals surface area contributed by atoms with Crippen LogP contribution in [0.15, 0.2) is 0 Å². The van der Waals surface area contributed by atoms with Gasteiger partial charge in [0.15, 0.2) is 5.12 Å². The highest BCUT2D eigenvalue weighted by Gasteiger charge is 2.32. The summed E-state index contributed by atoms with van der Waals surface area (Å²) in [6, 6.07) is -1.33. The summed E-state index contributed by atoms with van der Waals surface area (Å²) in [5.74, 6) is -3.56. The summed E-state index contributed by atoms with van der Waals surface area (Å²) in [6.45, 7) is 2.41. The summed E-state index contributed by atoms with van der Waals surface area (Å²) in [7, 11) is 1.19. The van der Waals surface area contributed by atoms with Gasteiger partial charge >= 0.3 is 11.9 Å². The van der Waals surface area contributed by atoms with Crippen molar-refractivity contribution in [1.82, 2.24) is 10.6 Å². The van der Waals surface area contributed by atoms with Crippen molar-refractivity contribution in [2.45, 2.75) is 45.3 Å². The molecular formula is C17H28N2O9S. The number of carboxylic acids is 1. The minimum atomic E-state index is -1.48. The summed E-state index contributed by atoms with van der Waals surface area (Å²) in [6.07, 6.45) is -1.96. The molecular weight excluding hydrogens is 408 g/mol. The molecule has 2 amide bonds. The Bertz CT molecular complexity index is 610. The van der Waals surface area contributed by atoms with E-state index in [9.17, 15) is 29.1 Å². The van der Waals surface area contributed by atoms with Crippen molar-refractivity contribution < 1.29 is 44.0 Å². The molecule has 2 atom stereocenters. The third-order valence-electron chi connectivity index (χ3n) is 3.85. The number of aliphatic hydroxyl groups excluding tert-OH is 2. The number of amides is 2. The first kappa shape index (κ1) is 26.8. The second kappa shape index (κ2) is 13.1. The number of esters is 1. The Morgan fingerprint density at radius 3 is 2.24 bits per heavy atom. The Morgan fingerprint density at radius 2 is 1.72 bits per heavy atom. The topological polar surface area (TPSA) is 179 Å². The molecule has 11 nitrogen and oxygen atoms in total. The molecule has 0 rings (SSSR count). The summed E-state index contributed by atoms with van der Waals surface area (Å²) in [5.41, 5.74) is -1.06. The molecule has 0 bridgehead atoms. The van der Waals surface area contributed by atoms with Gasteiger partial charge in [0.2, 0.25) is 11.8 Å². The van der Waals surface area contributed by atoms with E-state index in [4.69, 9.17) is 10.2 Å². The van der Waals surface area contributed by atoms with Crippen molar-refractivity contribution >= 4 is 40.6 Å². The van der Waals surface area contributed by atoms with Crippen molar-refractivity contribution in [3.63, 3.8) is 0 Å². The molecule has 12 heteroatoms. The molecule has 0 aromatic rings. The summed E-state index contributed by atoms with van der Waals surface area (Å²) in [5, 5.41) is 32.3. The van der Waals surface area contributed by atoms with Gasteiger partial charge in [0.05, 0.1) is 20.1 Å². The number of aliphatic carboxylic acids is 1. The van der Waals surface area contributed by atoms with Crippen molar-refractivity contribution in [2.75, 3.05) is 26.0 Å². The van der Waals surface area contributed by atoms with Crippen LogP contribution in [0.4, 0.5) is 0 Å². The largest absolute Gasteiger partial charge is 0.480 e. The highest BCUT2D eigenvalue weighted by atomic mass is 32.2. The zero-order chi connectivity index (χ0) is 22.6. The number of nitrogens with one attached hydrogen (secondary N) is 2. The van der Waals surface area contributed by atoms with Gasteiger partial charge in [-0.1, -0.05) is 25.6 Å². The number of carbonyl (C=O) groups excluding carboxylic acids is 4. The van der Waals surface area contributed by atoms with Crippen LogP contribution in [0.1, 0.15) is 33.1 Å². The zero-order valence-electron chi connectivity index (χ0n) is 16.6. The summed E-state index contributed by atoms with van der Waals surface area (Å²) in [4.78, 5) is 57.5. The molecule has 0 saturated carbocycles. The van der Waals surface area contributed by atoms with Crippen LogP contribution in [0, 0.1) is 5.41 Å². The quantitative estimate of drug-likeness (QED) is 0.217. The summed E-state index contributed by atoms with van der Waals surface area (Å²) >= 11 is 0.676. The number of ether oxygens (including phenoxy) is 1. The molecule has 0 heterocycles. The van der Waals surface area contributed by atoms with Crippen LogP contribution >= 0.6 is 11.8 Å². The molecule has 0 aliphatic heterocycles. The molecule has 0 spiro atoms. The molecule has 0 aromatic carbocycles. The van der Waals surface area contributed by atoms with E-state index in [1.807, 2.05) is 0 Å². The van der Waals surface area contributed by atoms with Gasteiger partial charge in [0.1, 0.15) is 12.1 Å². The van der Waals surface area contributed by atoms with Crippen molar-refractivity contribution in [1.29, 1.82) is 0 Å². The maximum atomic E-state index is 11.9. The maximum Gasteiger partial charge on any atom is 0.327 e. The number of methoxy groups -OCH3 is 1. The molecule has 0 aliphatic carbocycles. The average Bonchev–Trinajstić information content (AvgIpc) is 2.67.